The minimum absolute atomic E-state index is 0.252. The average Bonchev–Trinajstić information content (AvgIpc) is 2.46. The molecule has 0 aliphatic carbocycles. The van der Waals surface area contributed by atoms with Gasteiger partial charge in [0.1, 0.15) is 5.82 Å². The third-order valence-corrected chi connectivity index (χ3v) is 2.51. The van der Waals surface area contributed by atoms with Gasteiger partial charge in [-0.1, -0.05) is 6.07 Å². The Morgan fingerprint density at radius 3 is 2.70 bits per heavy atom. The number of hydrogen-bond donors (Lipinski definition) is 2. The molecule has 2 aromatic rings. The van der Waals surface area contributed by atoms with Gasteiger partial charge in [-0.25, -0.2) is 0 Å². The van der Waals surface area contributed by atoms with Gasteiger partial charge >= 0.3 is 0 Å². The fourth-order valence-electron chi connectivity index (χ4n) is 1.60. The van der Waals surface area contributed by atoms with E-state index in [1.54, 1.807) is 24.5 Å². The maximum atomic E-state index is 11.9. The molecule has 0 saturated heterocycles. The summed E-state index contributed by atoms with van der Waals surface area (Å²) in [6.45, 7) is 4.44. The van der Waals surface area contributed by atoms with Crippen LogP contribution in [0.2, 0.25) is 0 Å². The number of aromatic nitrogens is 3. The summed E-state index contributed by atoms with van der Waals surface area (Å²) in [6, 6.07) is 7.39. The summed E-state index contributed by atoms with van der Waals surface area (Å²) in [5.41, 5.74) is 1.23. The minimum atomic E-state index is -0.252. The zero-order valence-corrected chi connectivity index (χ0v) is 11.5. The number of carbonyl (C=O) groups excluding carboxylic acids is 1. The summed E-state index contributed by atoms with van der Waals surface area (Å²) in [6.07, 6.45) is 3.40. The molecule has 1 amide bonds. The summed E-state index contributed by atoms with van der Waals surface area (Å²) in [5, 5.41) is 13.8. The van der Waals surface area contributed by atoms with Crippen molar-refractivity contribution in [2.75, 3.05) is 5.32 Å². The second kappa shape index (κ2) is 6.60. The Labute approximate surface area is 117 Å². The normalized spacial score (nSPS) is 10.3. The summed E-state index contributed by atoms with van der Waals surface area (Å²) in [4.78, 5) is 15.9. The number of pyridine rings is 1. The van der Waals surface area contributed by atoms with Crippen LogP contribution >= 0.6 is 0 Å². The van der Waals surface area contributed by atoms with Crippen molar-refractivity contribution in [3.05, 3.63) is 47.9 Å². The van der Waals surface area contributed by atoms with E-state index < -0.39 is 0 Å². The van der Waals surface area contributed by atoms with Crippen molar-refractivity contribution in [1.82, 2.24) is 20.5 Å². The van der Waals surface area contributed by atoms with Gasteiger partial charge in [0.15, 0.2) is 5.69 Å². The lowest BCUT2D eigenvalue weighted by molar-refractivity contribution is 0.0945. The molecule has 0 unspecified atom stereocenters. The molecule has 0 spiro atoms. The highest BCUT2D eigenvalue weighted by Gasteiger charge is 2.08. The van der Waals surface area contributed by atoms with Gasteiger partial charge in [-0.15, -0.1) is 10.2 Å². The van der Waals surface area contributed by atoms with E-state index in [-0.39, 0.29) is 11.9 Å². The Hall–Kier alpha value is -2.50. The number of nitrogens with one attached hydrogen (secondary N) is 2. The highest BCUT2D eigenvalue weighted by atomic mass is 16.1. The van der Waals surface area contributed by atoms with Crippen molar-refractivity contribution >= 4 is 11.7 Å². The van der Waals surface area contributed by atoms with E-state index in [0.29, 0.717) is 18.1 Å². The van der Waals surface area contributed by atoms with Crippen molar-refractivity contribution < 1.29 is 4.79 Å². The summed E-state index contributed by atoms with van der Waals surface area (Å²) in [7, 11) is 0. The molecule has 0 saturated carbocycles. The van der Waals surface area contributed by atoms with Crippen molar-refractivity contribution in [2.45, 2.75) is 26.4 Å². The van der Waals surface area contributed by atoms with Crippen LogP contribution in [0.15, 0.2) is 36.7 Å². The molecule has 2 rings (SSSR count). The van der Waals surface area contributed by atoms with Crippen LogP contribution in [0.4, 0.5) is 5.82 Å². The van der Waals surface area contributed by atoms with Gasteiger partial charge in [-0.2, -0.15) is 0 Å². The van der Waals surface area contributed by atoms with Crippen LogP contribution in [-0.4, -0.2) is 27.1 Å². The zero-order chi connectivity index (χ0) is 14.4. The van der Waals surface area contributed by atoms with Crippen molar-refractivity contribution in [3.8, 4) is 0 Å². The van der Waals surface area contributed by atoms with E-state index in [9.17, 15) is 4.79 Å². The van der Waals surface area contributed by atoms with Gasteiger partial charge in [-0.05, 0) is 37.6 Å². The number of anilines is 1. The summed E-state index contributed by atoms with van der Waals surface area (Å²) >= 11 is 0. The third kappa shape index (κ3) is 4.01. The smallest absolute Gasteiger partial charge is 0.272 e. The topological polar surface area (TPSA) is 79.8 Å². The van der Waals surface area contributed by atoms with Crippen molar-refractivity contribution in [1.29, 1.82) is 0 Å². The maximum absolute atomic E-state index is 11.9. The molecule has 0 radical (unpaired) electrons. The Morgan fingerprint density at radius 1 is 1.25 bits per heavy atom. The van der Waals surface area contributed by atoms with Gasteiger partial charge in [0, 0.05) is 25.0 Å². The third-order valence-electron chi connectivity index (χ3n) is 2.51. The quantitative estimate of drug-likeness (QED) is 0.864. The van der Waals surface area contributed by atoms with E-state index in [4.69, 9.17) is 0 Å². The molecular formula is C14H17N5O. The van der Waals surface area contributed by atoms with Crippen molar-refractivity contribution in [2.24, 2.45) is 0 Å². The van der Waals surface area contributed by atoms with Crippen LogP contribution in [-0.2, 0) is 6.54 Å². The lowest BCUT2D eigenvalue weighted by atomic mass is 10.3. The fraction of sp³-hybridized carbons (Fsp3) is 0.286. The number of hydrogen-bond acceptors (Lipinski definition) is 5. The minimum Gasteiger partial charge on any atom is -0.366 e. The molecule has 0 aliphatic rings. The van der Waals surface area contributed by atoms with Crippen LogP contribution in [0.3, 0.4) is 0 Å². The summed E-state index contributed by atoms with van der Waals surface area (Å²) < 4.78 is 0. The Balaban J connectivity index is 1.92. The van der Waals surface area contributed by atoms with Crippen LogP contribution in [0.1, 0.15) is 29.9 Å². The fourth-order valence-corrected chi connectivity index (χ4v) is 1.60. The molecule has 20 heavy (non-hydrogen) atoms. The zero-order valence-electron chi connectivity index (χ0n) is 11.5. The first-order chi connectivity index (χ1) is 9.65. The van der Waals surface area contributed by atoms with Crippen molar-refractivity contribution in [3.63, 3.8) is 0 Å². The van der Waals surface area contributed by atoms with E-state index in [1.165, 1.54) is 0 Å². The van der Waals surface area contributed by atoms with E-state index in [1.807, 2.05) is 26.0 Å². The Morgan fingerprint density at radius 2 is 2.10 bits per heavy atom. The lowest BCUT2D eigenvalue weighted by Gasteiger charge is -2.08. The molecule has 2 heterocycles. The molecule has 2 aromatic heterocycles. The lowest BCUT2D eigenvalue weighted by Crippen LogP contribution is -2.24. The second-order valence-corrected chi connectivity index (χ2v) is 4.65. The molecule has 2 N–H and O–H groups in total. The van der Waals surface area contributed by atoms with E-state index in [2.05, 4.69) is 25.8 Å². The first-order valence-corrected chi connectivity index (χ1v) is 6.42. The van der Waals surface area contributed by atoms with Crippen LogP contribution in [0.25, 0.3) is 0 Å². The SMILES string of the molecule is CC(C)Nc1ccc(C(=O)NCc2cccnc2)nn1. The Bertz CT molecular complexity index is 554. The number of carbonyl (C=O) groups is 1. The van der Waals surface area contributed by atoms with Gasteiger partial charge in [0.25, 0.3) is 5.91 Å². The predicted molar refractivity (Wildman–Crippen MR) is 76.2 cm³/mol. The van der Waals surface area contributed by atoms with Gasteiger partial charge in [-0.3, -0.25) is 9.78 Å². The standard InChI is InChI=1S/C14H17N5O/c1-10(2)17-13-6-5-12(18-19-13)14(20)16-9-11-4-3-7-15-8-11/h3-8,10H,9H2,1-2H3,(H,16,20)(H,17,19). The Kier molecular flexibility index (Phi) is 4.60. The van der Waals surface area contributed by atoms with Gasteiger partial charge in [0.05, 0.1) is 0 Å². The van der Waals surface area contributed by atoms with Crippen LogP contribution in [0, 0.1) is 0 Å². The van der Waals surface area contributed by atoms with Crippen LogP contribution < -0.4 is 10.6 Å². The molecule has 104 valence electrons. The molecule has 6 nitrogen and oxygen atoms in total. The molecule has 0 bridgehead atoms. The molecule has 0 fully saturated rings. The first-order valence-electron chi connectivity index (χ1n) is 6.42. The second-order valence-electron chi connectivity index (χ2n) is 4.65. The molecule has 0 aromatic carbocycles. The molecule has 0 atom stereocenters. The maximum Gasteiger partial charge on any atom is 0.272 e. The number of amides is 1. The molecule has 6 heteroatoms. The highest BCUT2D eigenvalue weighted by molar-refractivity contribution is 5.92. The van der Waals surface area contributed by atoms with Crippen LogP contribution in [0.5, 0.6) is 0 Å². The van der Waals surface area contributed by atoms with E-state index >= 15 is 0 Å². The summed E-state index contributed by atoms with van der Waals surface area (Å²) in [5.74, 6) is 0.404. The monoisotopic (exact) mass is 271 g/mol. The first kappa shape index (κ1) is 13.9. The molecule has 0 aliphatic heterocycles. The van der Waals surface area contributed by atoms with Gasteiger partial charge in [0.2, 0.25) is 0 Å². The van der Waals surface area contributed by atoms with Gasteiger partial charge < -0.3 is 10.6 Å². The highest BCUT2D eigenvalue weighted by Crippen LogP contribution is 2.04. The van der Waals surface area contributed by atoms with E-state index in [0.717, 1.165) is 5.56 Å². The molecular weight excluding hydrogens is 254 g/mol. The largest absolute Gasteiger partial charge is 0.366 e. The average molecular weight is 271 g/mol. The predicted octanol–water partition coefficient (Wildman–Crippen LogP) is 1.62. The number of rotatable bonds is 5. The number of nitrogens with zero attached hydrogens (tertiary/aromatic N) is 3.